The van der Waals surface area contributed by atoms with Gasteiger partial charge in [0.15, 0.2) is 19.9 Å². The van der Waals surface area contributed by atoms with E-state index in [0.29, 0.717) is 0 Å². The van der Waals surface area contributed by atoms with Gasteiger partial charge in [0.25, 0.3) is 0 Å². The molecule has 0 bridgehead atoms. The number of carbonyl (C=O) groups excluding carboxylic acids is 2. The van der Waals surface area contributed by atoms with Gasteiger partial charge in [-0.2, -0.15) is 0 Å². The second-order valence-corrected chi connectivity index (χ2v) is 2.44. The third kappa shape index (κ3) is 8.92. The Morgan fingerprint density at radius 2 is 1.53 bits per heavy atom. The van der Waals surface area contributed by atoms with Crippen LogP contribution in [0.4, 0.5) is 0 Å². The fourth-order valence-corrected chi connectivity index (χ4v) is 0.552. The van der Waals surface area contributed by atoms with E-state index >= 15 is 0 Å². The average Bonchev–Trinajstić information content (AvgIpc) is 2.14. The van der Waals surface area contributed by atoms with E-state index in [1.807, 2.05) is 0 Å². The smallest absolute Gasteiger partial charge is 0.304 e. The number of hydrogen-bond acceptors (Lipinski definition) is 6. The van der Waals surface area contributed by atoms with E-state index < -0.39 is 18.2 Å². The minimum atomic E-state index is -0.788. The molecule has 0 atom stereocenters. The molecule has 15 heavy (non-hydrogen) atoms. The molecule has 6 heteroatoms. The Bertz CT molecular complexity index is 205. The van der Waals surface area contributed by atoms with Crippen LogP contribution in [0.3, 0.4) is 0 Å². The van der Waals surface area contributed by atoms with Crippen molar-refractivity contribution in [1.29, 1.82) is 0 Å². The van der Waals surface area contributed by atoms with Gasteiger partial charge in [0.1, 0.15) is 0 Å². The molecule has 0 saturated carbocycles. The van der Waals surface area contributed by atoms with Gasteiger partial charge in [-0.25, -0.2) is 0 Å². The van der Waals surface area contributed by atoms with E-state index in [0.717, 1.165) is 0 Å². The highest BCUT2D eigenvalue weighted by Crippen LogP contribution is 1.97. The van der Waals surface area contributed by atoms with Gasteiger partial charge in [0, 0.05) is 13.8 Å². The molecular weight excluding hydrogens is 204 g/mol. The second-order valence-electron chi connectivity index (χ2n) is 2.44. The normalized spacial score (nSPS) is 9.80. The summed E-state index contributed by atoms with van der Waals surface area (Å²) in [4.78, 5) is 20.8. The van der Waals surface area contributed by atoms with Gasteiger partial charge >= 0.3 is 11.9 Å². The summed E-state index contributed by atoms with van der Waals surface area (Å²) in [5, 5.41) is 0. The summed E-state index contributed by atoms with van der Waals surface area (Å²) in [5.41, 5.74) is 0. The first-order valence-corrected chi connectivity index (χ1v) is 4.18. The monoisotopic (exact) mass is 218 g/mol. The number of carbonyl (C=O) groups is 2. The first-order chi connectivity index (χ1) is 7.06. The molecule has 0 unspecified atom stereocenters. The largest absolute Gasteiger partial charge is 0.439 e. The molecule has 0 rings (SSSR count). The molecule has 0 aromatic carbocycles. The van der Waals surface area contributed by atoms with Crippen LogP contribution >= 0.6 is 0 Å². The Labute approximate surface area is 87.7 Å². The van der Waals surface area contributed by atoms with E-state index in [1.54, 1.807) is 0 Å². The predicted molar refractivity (Wildman–Crippen MR) is 49.4 cm³/mol. The molecule has 0 radical (unpaired) electrons. The van der Waals surface area contributed by atoms with Crippen molar-refractivity contribution in [2.75, 3.05) is 13.6 Å². The first-order valence-electron chi connectivity index (χ1n) is 4.18. The van der Waals surface area contributed by atoms with Gasteiger partial charge < -0.3 is 18.9 Å². The zero-order chi connectivity index (χ0) is 11.7. The zero-order valence-electron chi connectivity index (χ0n) is 8.73. The predicted octanol–water partition coefficient (Wildman–Crippen LogP) is 0.573. The molecule has 0 aromatic rings. The maximum absolute atomic E-state index is 10.4. The molecule has 0 heterocycles. The molecule has 0 aliphatic carbocycles. The van der Waals surface area contributed by atoms with Crippen LogP contribution in [-0.2, 0) is 28.5 Å². The number of rotatable bonds is 7. The summed E-state index contributed by atoms with van der Waals surface area (Å²) in [6, 6.07) is 0. The van der Waals surface area contributed by atoms with Crippen molar-refractivity contribution in [1.82, 2.24) is 0 Å². The fraction of sp³-hybridized carbons (Fsp3) is 0.556. The number of ether oxygens (including phenoxy) is 4. The second kappa shape index (κ2) is 7.95. The molecule has 6 nitrogen and oxygen atoms in total. The molecular formula is C9H14O6. The van der Waals surface area contributed by atoms with Crippen molar-refractivity contribution >= 4 is 11.9 Å². The Morgan fingerprint density at radius 1 is 1.13 bits per heavy atom. The zero-order valence-corrected chi connectivity index (χ0v) is 8.73. The summed E-state index contributed by atoms with van der Waals surface area (Å²) in [5.74, 6) is -0.921. The van der Waals surface area contributed by atoms with E-state index in [9.17, 15) is 9.59 Å². The van der Waals surface area contributed by atoms with E-state index in [4.69, 9.17) is 9.47 Å². The molecule has 0 aliphatic heterocycles. The van der Waals surface area contributed by atoms with Crippen LogP contribution in [0.15, 0.2) is 12.7 Å². The lowest BCUT2D eigenvalue weighted by Crippen LogP contribution is -2.19. The van der Waals surface area contributed by atoms with Gasteiger partial charge in [-0.3, -0.25) is 9.59 Å². The Balaban J connectivity index is 3.59. The molecule has 0 N–H and O–H groups in total. The van der Waals surface area contributed by atoms with E-state index in [-0.39, 0.29) is 13.6 Å². The van der Waals surface area contributed by atoms with Gasteiger partial charge in [0.2, 0.25) is 0 Å². The van der Waals surface area contributed by atoms with E-state index in [1.165, 1.54) is 19.9 Å². The van der Waals surface area contributed by atoms with Crippen LogP contribution in [0, 0.1) is 0 Å². The minimum absolute atomic E-state index is 0.244. The molecule has 0 saturated heterocycles. The maximum Gasteiger partial charge on any atom is 0.304 e. The van der Waals surface area contributed by atoms with Crippen molar-refractivity contribution in [3.05, 3.63) is 12.7 Å². The van der Waals surface area contributed by atoms with Crippen LogP contribution < -0.4 is 0 Å². The van der Waals surface area contributed by atoms with Crippen LogP contribution in [0.5, 0.6) is 0 Å². The molecule has 0 spiro atoms. The lowest BCUT2D eigenvalue weighted by molar-refractivity contribution is -0.208. The quantitative estimate of drug-likeness (QED) is 0.353. The first kappa shape index (κ1) is 13.6. The molecule has 0 aromatic heterocycles. The molecule has 0 aliphatic rings. The van der Waals surface area contributed by atoms with Gasteiger partial charge in [0.05, 0.1) is 0 Å². The Kier molecular flexibility index (Phi) is 7.21. The van der Waals surface area contributed by atoms with Gasteiger partial charge in [-0.1, -0.05) is 6.58 Å². The van der Waals surface area contributed by atoms with Gasteiger partial charge in [-0.05, 0) is 6.08 Å². The minimum Gasteiger partial charge on any atom is -0.439 e. The third-order valence-corrected chi connectivity index (χ3v) is 1.18. The lowest BCUT2D eigenvalue weighted by Gasteiger charge is -2.13. The summed E-state index contributed by atoms with van der Waals surface area (Å²) in [6.45, 7) is 5.45. The molecule has 0 fully saturated rings. The highest BCUT2D eigenvalue weighted by atomic mass is 16.8. The van der Waals surface area contributed by atoms with E-state index in [2.05, 4.69) is 16.1 Å². The van der Waals surface area contributed by atoms with Crippen molar-refractivity contribution in [2.45, 2.75) is 20.1 Å². The van der Waals surface area contributed by atoms with Crippen molar-refractivity contribution in [3.8, 4) is 0 Å². The van der Waals surface area contributed by atoms with Crippen LogP contribution in [0.2, 0.25) is 0 Å². The van der Waals surface area contributed by atoms with Crippen LogP contribution in [-0.4, -0.2) is 31.8 Å². The SMILES string of the molecule is C=CC(OCOC(C)=O)OCOC(C)=O. The highest BCUT2D eigenvalue weighted by Gasteiger charge is 2.05. The Morgan fingerprint density at radius 3 is 1.80 bits per heavy atom. The summed E-state index contributed by atoms with van der Waals surface area (Å²) < 4.78 is 18.8. The third-order valence-electron chi connectivity index (χ3n) is 1.18. The van der Waals surface area contributed by atoms with Gasteiger partial charge in [-0.15, -0.1) is 0 Å². The Hall–Kier alpha value is -1.40. The lowest BCUT2D eigenvalue weighted by atomic mass is 10.6. The highest BCUT2D eigenvalue weighted by molar-refractivity contribution is 5.66. The van der Waals surface area contributed by atoms with Crippen molar-refractivity contribution < 1.29 is 28.5 Å². The summed E-state index contributed by atoms with van der Waals surface area (Å²) >= 11 is 0. The fourth-order valence-electron chi connectivity index (χ4n) is 0.552. The number of hydrogen-bond donors (Lipinski definition) is 0. The number of esters is 2. The molecule has 86 valence electrons. The summed E-state index contributed by atoms with van der Waals surface area (Å²) in [7, 11) is 0. The van der Waals surface area contributed by atoms with Crippen molar-refractivity contribution in [3.63, 3.8) is 0 Å². The topological polar surface area (TPSA) is 71.1 Å². The maximum atomic E-state index is 10.4. The van der Waals surface area contributed by atoms with Crippen LogP contribution in [0.1, 0.15) is 13.8 Å². The average molecular weight is 218 g/mol. The van der Waals surface area contributed by atoms with Crippen LogP contribution in [0.25, 0.3) is 0 Å². The molecule has 0 amide bonds. The summed E-state index contributed by atoms with van der Waals surface area (Å²) in [6.07, 6.45) is 0.552. The van der Waals surface area contributed by atoms with Crippen molar-refractivity contribution in [2.24, 2.45) is 0 Å². The standard InChI is InChI=1S/C9H14O6/c1-4-9(14-5-12-7(2)10)15-6-13-8(3)11/h4,9H,1,5-6H2,2-3H3.